The first-order chi connectivity index (χ1) is 10.2. The van der Waals surface area contributed by atoms with Gasteiger partial charge in [0.05, 0.1) is 0 Å². The van der Waals surface area contributed by atoms with Crippen LogP contribution in [0.4, 0.5) is 0 Å². The van der Waals surface area contributed by atoms with E-state index in [2.05, 4.69) is 53.4 Å². The van der Waals surface area contributed by atoms with Gasteiger partial charge in [0.1, 0.15) is 0 Å². The van der Waals surface area contributed by atoms with Crippen molar-refractivity contribution in [1.82, 2.24) is 0 Å². The molecule has 132 valence electrons. The summed E-state index contributed by atoms with van der Waals surface area (Å²) in [5.74, 6) is 0.695. The van der Waals surface area contributed by atoms with Crippen LogP contribution in [0.15, 0.2) is 12.7 Å². The third kappa shape index (κ3) is 10.6. The largest absolute Gasteiger partial charge is 0.417 e. The topological polar surface area (TPSA) is 9.23 Å². The molecule has 0 fully saturated rings. The van der Waals surface area contributed by atoms with Crippen LogP contribution in [0.3, 0.4) is 0 Å². The SMILES string of the molecule is C=C[C@@H](C)CCCCCCCCCCO[Si](C)(C)C(C)(C)C. The van der Waals surface area contributed by atoms with Crippen LogP contribution in [0.1, 0.15) is 85.5 Å². The molecule has 0 spiro atoms. The Hall–Kier alpha value is -0.0831. The van der Waals surface area contributed by atoms with Gasteiger partial charge in [-0.2, -0.15) is 0 Å². The van der Waals surface area contributed by atoms with E-state index in [-0.39, 0.29) is 0 Å². The van der Waals surface area contributed by atoms with Crippen molar-refractivity contribution in [1.29, 1.82) is 0 Å². The molecule has 0 aliphatic heterocycles. The molecule has 1 nitrogen and oxygen atoms in total. The van der Waals surface area contributed by atoms with Gasteiger partial charge >= 0.3 is 0 Å². The van der Waals surface area contributed by atoms with Gasteiger partial charge in [-0.1, -0.05) is 78.7 Å². The van der Waals surface area contributed by atoms with E-state index in [1.165, 1.54) is 57.8 Å². The second kappa shape index (κ2) is 11.5. The molecule has 0 saturated carbocycles. The predicted octanol–water partition coefficient (Wildman–Crippen LogP) is 7.34. The minimum Gasteiger partial charge on any atom is -0.417 e. The molecule has 0 radical (unpaired) electrons. The average Bonchev–Trinajstić information content (AvgIpc) is 2.43. The van der Waals surface area contributed by atoms with Crippen molar-refractivity contribution >= 4 is 8.32 Å². The lowest BCUT2D eigenvalue weighted by Crippen LogP contribution is -2.40. The van der Waals surface area contributed by atoms with Crippen LogP contribution in [0.25, 0.3) is 0 Å². The Kier molecular flexibility index (Phi) is 11.4. The Morgan fingerprint density at radius 2 is 1.36 bits per heavy atom. The predicted molar refractivity (Wildman–Crippen MR) is 104 cm³/mol. The van der Waals surface area contributed by atoms with Gasteiger partial charge in [-0.3, -0.25) is 0 Å². The average molecular weight is 327 g/mol. The fourth-order valence-corrected chi connectivity index (χ4v) is 3.38. The molecular formula is C20H42OSi. The monoisotopic (exact) mass is 326 g/mol. The van der Waals surface area contributed by atoms with Crippen LogP contribution in [0.2, 0.25) is 18.1 Å². The Bertz CT molecular complexity index is 278. The summed E-state index contributed by atoms with van der Waals surface area (Å²) in [5.41, 5.74) is 0. The lowest BCUT2D eigenvalue weighted by molar-refractivity contribution is 0.277. The lowest BCUT2D eigenvalue weighted by Gasteiger charge is -2.36. The molecule has 0 aromatic heterocycles. The molecule has 0 N–H and O–H groups in total. The van der Waals surface area contributed by atoms with E-state index in [0.717, 1.165) is 6.61 Å². The Morgan fingerprint density at radius 1 is 0.909 bits per heavy atom. The lowest BCUT2D eigenvalue weighted by atomic mass is 10.0. The highest BCUT2D eigenvalue weighted by Crippen LogP contribution is 2.36. The number of unbranched alkanes of at least 4 members (excludes halogenated alkanes) is 7. The molecule has 22 heavy (non-hydrogen) atoms. The van der Waals surface area contributed by atoms with E-state index < -0.39 is 8.32 Å². The van der Waals surface area contributed by atoms with Crippen molar-refractivity contribution in [2.75, 3.05) is 6.61 Å². The molecule has 0 heterocycles. The second-order valence-electron chi connectivity index (χ2n) is 8.44. The van der Waals surface area contributed by atoms with E-state index >= 15 is 0 Å². The number of allylic oxidation sites excluding steroid dienone is 1. The quantitative estimate of drug-likeness (QED) is 0.195. The van der Waals surface area contributed by atoms with Crippen molar-refractivity contribution in [2.24, 2.45) is 5.92 Å². The summed E-state index contributed by atoms with van der Waals surface area (Å²) < 4.78 is 6.22. The molecule has 0 aliphatic rings. The maximum atomic E-state index is 6.22. The molecule has 1 atom stereocenters. The molecule has 0 bridgehead atoms. The highest BCUT2D eigenvalue weighted by atomic mass is 28.4. The van der Waals surface area contributed by atoms with Gasteiger partial charge in [-0.15, -0.1) is 6.58 Å². The molecular weight excluding hydrogens is 284 g/mol. The number of rotatable bonds is 13. The maximum absolute atomic E-state index is 6.22. The van der Waals surface area contributed by atoms with E-state index in [1.54, 1.807) is 0 Å². The standard InChI is InChI=1S/C20H42OSi/c1-8-19(2)17-15-13-11-9-10-12-14-16-18-21-22(6,7)20(3,4)5/h8,19H,1,9-18H2,2-7H3/t19-/m1/s1. The summed E-state index contributed by atoms with van der Waals surface area (Å²) in [6, 6.07) is 0. The summed E-state index contributed by atoms with van der Waals surface area (Å²) in [6.45, 7) is 18.7. The first-order valence-corrected chi connectivity index (χ1v) is 12.4. The van der Waals surface area contributed by atoms with Crippen LogP contribution < -0.4 is 0 Å². The summed E-state index contributed by atoms with van der Waals surface area (Å²) in [7, 11) is -1.51. The van der Waals surface area contributed by atoms with Gasteiger partial charge in [-0.25, -0.2) is 0 Å². The highest BCUT2D eigenvalue weighted by Gasteiger charge is 2.36. The normalized spacial score (nSPS) is 14.1. The van der Waals surface area contributed by atoms with Crippen molar-refractivity contribution in [3.8, 4) is 0 Å². The Morgan fingerprint density at radius 3 is 1.82 bits per heavy atom. The molecule has 0 amide bonds. The van der Waals surface area contributed by atoms with Crippen molar-refractivity contribution in [2.45, 2.75) is 104 Å². The minimum atomic E-state index is -1.51. The third-order valence-electron chi connectivity index (χ3n) is 5.23. The van der Waals surface area contributed by atoms with Crippen LogP contribution in [-0.2, 0) is 4.43 Å². The van der Waals surface area contributed by atoms with E-state index in [0.29, 0.717) is 11.0 Å². The zero-order valence-corrected chi connectivity index (χ0v) is 17.3. The Labute approximate surface area is 142 Å². The third-order valence-corrected chi connectivity index (χ3v) is 9.76. The minimum absolute atomic E-state index is 0.343. The molecule has 0 unspecified atom stereocenters. The summed E-state index contributed by atoms with van der Waals surface area (Å²) >= 11 is 0. The Balaban J connectivity index is 3.36. The van der Waals surface area contributed by atoms with E-state index in [4.69, 9.17) is 4.43 Å². The molecule has 0 rings (SSSR count). The van der Waals surface area contributed by atoms with Gasteiger partial charge in [0.2, 0.25) is 0 Å². The highest BCUT2D eigenvalue weighted by molar-refractivity contribution is 6.74. The summed E-state index contributed by atoms with van der Waals surface area (Å²) in [6.07, 6.45) is 14.3. The zero-order chi connectivity index (χ0) is 17.1. The summed E-state index contributed by atoms with van der Waals surface area (Å²) in [4.78, 5) is 0. The maximum Gasteiger partial charge on any atom is 0.191 e. The van der Waals surface area contributed by atoms with Crippen LogP contribution in [0, 0.1) is 5.92 Å². The van der Waals surface area contributed by atoms with Crippen molar-refractivity contribution < 1.29 is 4.43 Å². The first-order valence-electron chi connectivity index (χ1n) is 9.47. The van der Waals surface area contributed by atoms with Crippen LogP contribution in [0.5, 0.6) is 0 Å². The molecule has 0 aromatic carbocycles. The molecule has 0 aliphatic carbocycles. The van der Waals surface area contributed by atoms with Crippen molar-refractivity contribution in [3.05, 3.63) is 12.7 Å². The fraction of sp³-hybridized carbons (Fsp3) is 0.900. The smallest absolute Gasteiger partial charge is 0.191 e. The molecule has 2 heteroatoms. The molecule has 0 saturated heterocycles. The van der Waals surface area contributed by atoms with Gasteiger partial charge < -0.3 is 4.43 Å². The van der Waals surface area contributed by atoms with Gasteiger partial charge in [0, 0.05) is 6.61 Å². The first kappa shape index (κ1) is 21.9. The number of hydrogen-bond acceptors (Lipinski definition) is 1. The summed E-state index contributed by atoms with van der Waals surface area (Å²) in [5, 5.41) is 0.343. The van der Waals surface area contributed by atoms with Gasteiger partial charge in [0.15, 0.2) is 8.32 Å². The van der Waals surface area contributed by atoms with Gasteiger partial charge in [-0.05, 0) is 36.9 Å². The van der Waals surface area contributed by atoms with E-state index in [1.807, 2.05) is 0 Å². The number of hydrogen-bond donors (Lipinski definition) is 0. The van der Waals surface area contributed by atoms with E-state index in [9.17, 15) is 0 Å². The molecule has 0 aromatic rings. The zero-order valence-electron chi connectivity index (χ0n) is 16.3. The fourth-order valence-electron chi connectivity index (χ4n) is 2.29. The van der Waals surface area contributed by atoms with Gasteiger partial charge in [0.25, 0.3) is 0 Å². The van der Waals surface area contributed by atoms with Crippen LogP contribution in [-0.4, -0.2) is 14.9 Å². The van der Waals surface area contributed by atoms with Crippen LogP contribution >= 0.6 is 0 Å². The van der Waals surface area contributed by atoms with Crippen molar-refractivity contribution in [3.63, 3.8) is 0 Å². The second-order valence-corrected chi connectivity index (χ2v) is 13.2.